The summed E-state index contributed by atoms with van der Waals surface area (Å²) < 4.78 is 14.1. The highest BCUT2D eigenvalue weighted by Gasteiger charge is 2.41. The Morgan fingerprint density at radius 2 is 1.88 bits per heavy atom. The van der Waals surface area contributed by atoms with Crippen LogP contribution in [0.1, 0.15) is 39.0 Å². The van der Waals surface area contributed by atoms with Gasteiger partial charge in [0.05, 0.1) is 5.69 Å². The molecule has 25 heavy (non-hydrogen) atoms. The molecule has 1 saturated heterocycles. The first-order valence-corrected chi connectivity index (χ1v) is 8.88. The van der Waals surface area contributed by atoms with Crippen molar-refractivity contribution in [2.45, 2.75) is 45.1 Å². The summed E-state index contributed by atoms with van der Waals surface area (Å²) in [7, 11) is 1.56. The third kappa shape index (κ3) is 3.25. The maximum atomic E-state index is 14.1. The van der Waals surface area contributed by atoms with Gasteiger partial charge in [0.2, 0.25) is 0 Å². The van der Waals surface area contributed by atoms with Gasteiger partial charge in [0.25, 0.3) is 5.91 Å². The monoisotopic (exact) mass is 345 g/mol. The molecule has 0 atom stereocenters. The highest BCUT2D eigenvalue weighted by Crippen LogP contribution is 2.30. The smallest absolute Gasteiger partial charge is 0.336 e. The second-order valence-corrected chi connectivity index (χ2v) is 6.57. The first-order valence-electron chi connectivity index (χ1n) is 8.88. The molecule has 0 unspecified atom stereocenters. The Labute approximate surface area is 147 Å². The maximum Gasteiger partial charge on any atom is 0.336 e. The molecular formula is C19H24FN3O2. The van der Waals surface area contributed by atoms with Gasteiger partial charge in [-0.2, -0.15) is 0 Å². The van der Waals surface area contributed by atoms with E-state index in [1.165, 1.54) is 42.4 Å². The van der Waals surface area contributed by atoms with Gasteiger partial charge in [-0.15, -0.1) is 0 Å². The van der Waals surface area contributed by atoms with Crippen LogP contribution < -0.4 is 4.90 Å². The average Bonchev–Trinajstić information content (AvgIpc) is 2.84. The number of para-hydroxylation sites is 1. The van der Waals surface area contributed by atoms with Crippen molar-refractivity contribution in [1.29, 1.82) is 0 Å². The number of nitrogens with zero attached hydrogens (tertiary/aromatic N) is 3. The van der Waals surface area contributed by atoms with E-state index in [1.54, 1.807) is 19.3 Å². The van der Waals surface area contributed by atoms with Crippen molar-refractivity contribution in [2.24, 2.45) is 0 Å². The van der Waals surface area contributed by atoms with Crippen molar-refractivity contribution in [2.75, 3.05) is 18.5 Å². The van der Waals surface area contributed by atoms with E-state index >= 15 is 0 Å². The first kappa shape index (κ1) is 17.5. The van der Waals surface area contributed by atoms with E-state index in [-0.39, 0.29) is 5.69 Å². The van der Waals surface area contributed by atoms with E-state index < -0.39 is 17.8 Å². The molecule has 3 rings (SSSR count). The molecule has 0 radical (unpaired) electrons. The molecule has 5 nitrogen and oxygen atoms in total. The lowest BCUT2D eigenvalue weighted by atomic mass is 9.94. The van der Waals surface area contributed by atoms with Crippen LogP contribution in [0.25, 0.3) is 0 Å². The van der Waals surface area contributed by atoms with Crippen LogP contribution in [-0.4, -0.2) is 41.4 Å². The van der Waals surface area contributed by atoms with Crippen LogP contribution in [-0.2, 0) is 4.79 Å². The van der Waals surface area contributed by atoms with E-state index in [0.717, 1.165) is 24.3 Å². The van der Waals surface area contributed by atoms with Gasteiger partial charge in [-0.1, -0.05) is 31.4 Å². The number of amides is 3. The van der Waals surface area contributed by atoms with Crippen molar-refractivity contribution in [3.05, 3.63) is 42.0 Å². The minimum atomic E-state index is -0.585. The fourth-order valence-corrected chi connectivity index (χ4v) is 3.61. The van der Waals surface area contributed by atoms with E-state index in [1.807, 2.05) is 6.92 Å². The fraction of sp³-hybridized carbons (Fsp3) is 0.474. The lowest BCUT2D eigenvalue weighted by molar-refractivity contribution is -0.114. The second kappa shape index (κ2) is 7.25. The zero-order chi connectivity index (χ0) is 18.0. The highest BCUT2D eigenvalue weighted by molar-refractivity contribution is 6.26. The summed E-state index contributed by atoms with van der Waals surface area (Å²) in [6.07, 6.45) is 7.60. The predicted molar refractivity (Wildman–Crippen MR) is 94.4 cm³/mol. The van der Waals surface area contributed by atoms with Crippen LogP contribution in [0.15, 0.2) is 36.2 Å². The van der Waals surface area contributed by atoms with Gasteiger partial charge in [0.1, 0.15) is 11.5 Å². The Balaban J connectivity index is 1.90. The highest BCUT2D eigenvalue weighted by atomic mass is 19.1. The largest absolute Gasteiger partial charge is 0.373 e. The van der Waals surface area contributed by atoms with Crippen LogP contribution >= 0.6 is 0 Å². The summed E-state index contributed by atoms with van der Waals surface area (Å²) in [4.78, 5) is 29.7. The molecular weight excluding hydrogens is 321 g/mol. The Hall–Kier alpha value is -2.37. The number of carbonyl (C=O) groups excluding carboxylic acids is 2. The summed E-state index contributed by atoms with van der Waals surface area (Å²) in [5.74, 6) is -1.06. The van der Waals surface area contributed by atoms with Crippen LogP contribution in [0.5, 0.6) is 0 Å². The summed E-state index contributed by atoms with van der Waals surface area (Å²) >= 11 is 0. The molecule has 0 N–H and O–H groups in total. The Morgan fingerprint density at radius 1 is 1.20 bits per heavy atom. The molecule has 0 spiro atoms. The van der Waals surface area contributed by atoms with E-state index in [4.69, 9.17) is 0 Å². The molecule has 1 heterocycles. The number of benzene rings is 1. The maximum absolute atomic E-state index is 14.1. The number of likely N-dealkylation sites (N-methyl/N-ethyl adjacent to an activating group) is 1. The fourth-order valence-electron chi connectivity index (χ4n) is 3.61. The summed E-state index contributed by atoms with van der Waals surface area (Å²) in [5.41, 5.74) is 0.286. The molecule has 1 aliphatic heterocycles. The van der Waals surface area contributed by atoms with E-state index in [9.17, 15) is 14.0 Å². The third-order valence-corrected chi connectivity index (χ3v) is 5.05. The molecule has 1 saturated carbocycles. The SMILES string of the molecule is CCN(C=C1C(=O)N(c2ccccc2F)C(=O)N1C)C1CCCCC1. The minimum absolute atomic E-state index is 0.00605. The Kier molecular flexibility index (Phi) is 5.06. The molecule has 1 aliphatic carbocycles. The topological polar surface area (TPSA) is 43.9 Å². The molecule has 2 aliphatic rings. The molecule has 1 aromatic carbocycles. The lowest BCUT2D eigenvalue weighted by Gasteiger charge is -2.33. The third-order valence-electron chi connectivity index (χ3n) is 5.05. The van der Waals surface area contributed by atoms with Crippen LogP contribution in [0, 0.1) is 5.82 Å². The van der Waals surface area contributed by atoms with Gasteiger partial charge in [0.15, 0.2) is 0 Å². The molecule has 134 valence electrons. The Morgan fingerprint density at radius 3 is 2.52 bits per heavy atom. The van der Waals surface area contributed by atoms with Crippen LogP contribution in [0.2, 0.25) is 0 Å². The van der Waals surface area contributed by atoms with Crippen molar-refractivity contribution in [1.82, 2.24) is 9.80 Å². The summed E-state index contributed by atoms with van der Waals surface area (Å²) in [5, 5.41) is 0. The van der Waals surface area contributed by atoms with Gasteiger partial charge >= 0.3 is 6.03 Å². The van der Waals surface area contributed by atoms with Gasteiger partial charge in [0, 0.05) is 25.8 Å². The van der Waals surface area contributed by atoms with Gasteiger partial charge in [-0.3, -0.25) is 9.69 Å². The van der Waals surface area contributed by atoms with Crippen molar-refractivity contribution in [3.63, 3.8) is 0 Å². The zero-order valence-corrected chi connectivity index (χ0v) is 14.7. The molecule has 1 aromatic rings. The number of anilines is 1. The molecule has 0 bridgehead atoms. The van der Waals surface area contributed by atoms with Gasteiger partial charge in [-0.05, 0) is 31.9 Å². The van der Waals surface area contributed by atoms with Crippen molar-refractivity contribution < 1.29 is 14.0 Å². The van der Waals surface area contributed by atoms with Crippen molar-refractivity contribution >= 4 is 17.6 Å². The van der Waals surface area contributed by atoms with E-state index in [0.29, 0.717) is 11.7 Å². The second-order valence-electron chi connectivity index (χ2n) is 6.57. The molecule has 3 amide bonds. The molecule has 2 fully saturated rings. The minimum Gasteiger partial charge on any atom is -0.373 e. The Bertz CT molecular complexity index is 698. The van der Waals surface area contributed by atoms with Crippen LogP contribution in [0.3, 0.4) is 0 Å². The predicted octanol–water partition coefficient (Wildman–Crippen LogP) is 3.72. The number of carbonyl (C=O) groups is 2. The van der Waals surface area contributed by atoms with Crippen molar-refractivity contribution in [3.8, 4) is 0 Å². The number of halogens is 1. The van der Waals surface area contributed by atoms with E-state index in [2.05, 4.69) is 4.90 Å². The molecule has 6 heteroatoms. The number of imide groups is 1. The zero-order valence-electron chi connectivity index (χ0n) is 14.7. The number of hydrogen-bond acceptors (Lipinski definition) is 3. The number of rotatable bonds is 4. The van der Waals surface area contributed by atoms with Crippen LogP contribution in [0.4, 0.5) is 14.9 Å². The standard InChI is InChI=1S/C19H24FN3O2/c1-3-22(14-9-5-4-6-10-14)13-17-18(24)23(19(25)21(17)2)16-12-8-7-11-15(16)20/h7-8,11-14H,3-6,9-10H2,1-2H3. The first-order chi connectivity index (χ1) is 12.0. The van der Waals surface area contributed by atoms with Gasteiger partial charge < -0.3 is 4.90 Å². The number of hydrogen-bond donors (Lipinski definition) is 0. The summed E-state index contributed by atoms with van der Waals surface area (Å²) in [6, 6.07) is 5.71. The summed E-state index contributed by atoms with van der Waals surface area (Å²) in [6.45, 7) is 2.81. The number of urea groups is 1. The molecule has 0 aromatic heterocycles. The normalized spacial score (nSPS) is 20.7. The van der Waals surface area contributed by atoms with Gasteiger partial charge in [-0.25, -0.2) is 14.1 Å². The quantitative estimate of drug-likeness (QED) is 0.617. The average molecular weight is 345 g/mol. The lowest BCUT2D eigenvalue weighted by Crippen LogP contribution is -2.34.